The van der Waals surface area contributed by atoms with Crippen molar-refractivity contribution in [3.63, 3.8) is 0 Å². The third-order valence-electron chi connectivity index (χ3n) is 3.78. The molecule has 0 radical (unpaired) electrons. The lowest BCUT2D eigenvalue weighted by atomic mass is 10.2. The molecule has 0 aromatic heterocycles. The highest BCUT2D eigenvalue weighted by atomic mass is 79.9. The van der Waals surface area contributed by atoms with Crippen LogP contribution in [0, 0.1) is 6.92 Å². The van der Waals surface area contributed by atoms with Gasteiger partial charge in [-0.1, -0.05) is 22.0 Å². The number of carbonyl (C=O) groups excluding carboxylic acids is 1. The van der Waals surface area contributed by atoms with E-state index in [1.165, 1.54) is 0 Å². The Balaban J connectivity index is 1.43. The molecule has 1 heterocycles. The van der Waals surface area contributed by atoms with E-state index in [2.05, 4.69) is 26.6 Å². The molecule has 0 unspecified atom stereocenters. The Labute approximate surface area is 149 Å². The van der Waals surface area contributed by atoms with E-state index in [1.807, 2.05) is 43.3 Å². The summed E-state index contributed by atoms with van der Waals surface area (Å²) in [6.07, 6.45) is 0.417. The molecule has 24 heavy (non-hydrogen) atoms. The van der Waals surface area contributed by atoms with Crippen LogP contribution in [0.5, 0.6) is 11.5 Å². The summed E-state index contributed by atoms with van der Waals surface area (Å²) in [5.41, 5.74) is 3.18. The van der Waals surface area contributed by atoms with Crippen LogP contribution < -0.4 is 20.1 Å². The Morgan fingerprint density at radius 2 is 2.00 bits per heavy atom. The first-order valence-corrected chi connectivity index (χ1v) is 8.56. The zero-order valence-electron chi connectivity index (χ0n) is 13.4. The van der Waals surface area contributed by atoms with Crippen LogP contribution in [0.2, 0.25) is 0 Å². The lowest BCUT2D eigenvalue weighted by molar-refractivity contribution is -0.121. The summed E-state index contributed by atoms with van der Waals surface area (Å²) in [5.74, 6) is 1.49. The Kier molecular flexibility index (Phi) is 5.25. The second-order valence-corrected chi connectivity index (χ2v) is 6.52. The summed E-state index contributed by atoms with van der Waals surface area (Å²) < 4.78 is 11.6. The number of ether oxygens (including phenoxy) is 2. The number of hydrogen-bond donors (Lipinski definition) is 2. The van der Waals surface area contributed by atoms with Crippen molar-refractivity contribution in [3.05, 3.63) is 52.0 Å². The minimum absolute atomic E-state index is 0.00920. The number of carbonyl (C=O) groups is 1. The van der Waals surface area contributed by atoms with Crippen LogP contribution in [0.4, 0.5) is 5.69 Å². The molecular formula is C18H19BrN2O3. The lowest BCUT2D eigenvalue weighted by Crippen LogP contribution is -2.24. The van der Waals surface area contributed by atoms with Crippen molar-refractivity contribution in [3.8, 4) is 11.5 Å². The van der Waals surface area contributed by atoms with Crippen molar-refractivity contribution in [1.82, 2.24) is 5.32 Å². The quantitative estimate of drug-likeness (QED) is 0.790. The lowest BCUT2D eigenvalue weighted by Gasteiger charge is -2.10. The molecule has 1 amide bonds. The van der Waals surface area contributed by atoms with Crippen LogP contribution in [0.15, 0.2) is 40.9 Å². The van der Waals surface area contributed by atoms with Gasteiger partial charge in [-0.15, -0.1) is 0 Å². The minimum atomic E-state index is 0.00920. The maximum atomic E-state index is 12.0. The number of hydrogen-bond acceptors (Lipinski definition) is 4. The van der Waals surface area contributed by atoms with Crippen LogP contribution in [0.25, 0.3) is 0 Å². The van der Waals surface area contributed by atoms with Crippen LogP contribution in [-0.2, 0) is 11.3 Å². The first kappa shape index (κ1) is 16.6. The second kappa shape index (κ2) is 7.57. The summed E-state index contributed by atoms with van der Waals surface area (Å²) in [7, 11) is 0. The van der Waals surface area contributed by atoms with Gasteiger partial charge in [-0.05, 0) is 48.4 Å². The highest BCUT2D eigenvalue weighted by Gasteiger charge is 2.13. The molecule has 126 valence electrons. The molecule has 6 heteroatoms. The van der Waals surface area contributed by atoms with Crippen LogP contribution in [0.1, 0.15) is 17.5 Å². The first-order valence-electron chi connectivity index (χ1n) is 7.77. The van der Waals surface area contributed by atoms with E-state index in [0.717, 1.165) is 32.8 Å². The van der Waals surface area contributed by atoms with Gasteiger partial charge in [0.2, 0.25) is 12.7 Å². The highest BCUT2D eigenvalue weighted by Crippen LogP contribution is 2.32. The van der Waals surface area contributed by atoms with Gasteiger partial charge in [-0.2, -0.15) is 0 Å². The average molecular weight is 391 g/mol. The van der Waals surface area contributed by atoms with Crippen LogP contribution >= 0.6 is 15.9 Å². The fraction of sp³-hybridized carbons (Fsp3) is 0.278. The van der Waals surface area contributed by atoms with E-state index in [4.69, 9.17) is 9.47 Å². The maximum Gasteiger partial charge on any atom is 0.231 e. The Hall–Kier alpha value is -2.21. The van der Waals surface area contributed by atoms with Crippen molar-refractivity contribution in [2.45, 2.75) is 19.9 Å². The summed E-state index contributed by atoms with van der Waals surface area (Å²) in [5, 5.41) is 6.20. The zero-order valence-corrected chi connectivity index (χ0v) is 15.0. The smallest absolute Gasteiger partial charge is 0.231 e. The van der Waals surface area contributed by atoms with Crippen molar-refractivity contribution < 1.29 is 14.3 Å². The number of anilines is 1. The third kappa shape index (κ3) is 4.20. The molecule has 0 saturated carbocycles. The maximum absolute atomic E-state index is 12.0. The van der Waals surface area contributed by atoms with Crippen molar-refractivity contribution in [2.24, 2.45) is 0 Å². The predicted molar refractivity (Wildman–Crippen MR) is 96.4 cm³/mol. The molecule has 0 bridgehead atoms. The molecule has 2 aromatic rings. The minimum Gasteiger partial charge on any atom is -0.454 e. The number of benzene rings is 2. The molecule has 0 spiro atoms. The number of halogens is 1. The molecule has 1 aliphatic heterocycles. The van der Waals surface area contributed by atoms with Gasteiger partial charge in [0.25, 0.3) is 0 Å². The summed E-state index contributed by atoms with van der Waals surface area (Å²) >= 11 is 3.44. The van der Waals surface area contributed by atoms with Crippen LogP contribution in [0.3, 0.4) is 0 Å². The second-order valence-electron chi connectivity index (χ2n) is 5.60. The molecule has 5 nitrogen and oxygen atoms in total. The molecule has 0 atom stereocenters. The van der Waals surface area contributed by atoms with E-state index in [0.29, 0.717) is 19.5 Å². The first-order chi connectivity index (χ1) is 11.6. The molecule has 3 rings (SSSR count). The number of aryl methyl sites for hydroxylation is 1. The number of fused-ring (bicyclic) bond motifs is 1. The molecule has 0 saturated heterocycles. The topological polar surface area (TPSA) is 59.6 Å². The number of amides is 1. The van der Waals surface area contributed by atoms with Gasteiger partial charge in [0.15, 0.2) is 11.5 Å². The van der Waals surface area contributed by atoms with Gasteiger partial charge in [0.1, 0.15) is 0 Å². The largest absolute Gasteiger partial charge is 0.454 e. The third-order valence-corrected chi connectivity index (χ3v) is 4.28. The van der Waals surface area contributed by atoms with Gasteiger partial charge in [0.05, 0.1) is 0 Å². The van der Waals surface area contributed by atoms with Gasteiger partial charge >= 0.3 is 0 Å². The molecule has 2 aromatic carbocycles. The Bertz CT molecular complexity index is 749. The fourth-order valence-electron chi connectivity index (χ4n) is 2.48. The Morgan fingerprint density at radius 3 is 2.83 bits per heavy atom. The standard InChI is InChI=1S/C18H19BrN2O3/c1-12-8-14(19)3-4-15(12)20-7-6-18(22)21-10-13-2-5-16-17(9-13)24-11-23-16/h2-5,8-9,20H,6-7,10-11H2,1H3,(H,21,22). The predicted octanol–water partition coefficient (Wildman–Crippen LogP) is 3.60. The van der Waals surface area contributed by atoms with Gasteiger partial charge < -0.3 is 20.1 Å². The molecule has 1 aliphatic rings. The van der Waals surface area contributed by atoms with Gasteiger partial charge in [0, 0.05) is 29.7 Å². The van der Waals surface area contributed by atoms with Crippen molar-refractivity contribution in [2.75, 3.05) is 18.7 Å². The SMILES string of the molecule is Cc1cc(Br)ccc1NCCC(=O)NCc1ccc2c(c1)OCO2. The summed E-state index contributed by atoms with van der Waals surface area (Å²) in [6, 6.07) is 11.7. The van der Waals surface area contributed by atoms with Gasteiger partial charge in [-0.3, -0.25) is 4.79 Å². The highest BCUT2D eigenvalue weighted by molar-refractivity contribution is 9.10. The van der Waals surface area contributed by atoms with Crippen LogP contribution in [-0.4, -0.2) is 19.2 Å². The van der Waals surface area contributed by atoms with E-state index in [-0.39, 0.29) is 12.7 Å². The van der Waals surface area contributed by atoms with E-state index in [9.17, 15) is 4.79 Å². The summed E-state index contributed by atoms with van der Waals surface area (Å²) in [4.78, 5) is 12.0. The normalized spacial score (nSPS) is 12.1. The van der Waals surface area contributed by atoms with E-state index in [1.54, 1.807) is 0 Å². The average Bonchev–Trinajstić information content (AvgIpc) is 3.02. The zero-order chi connectivity index (χ0) is 16.9. The number of rotatable bonds is 6. The van der Waals surface area contributed by atoms with Crippen molar-refractivity contribution in [1.29, 1.82) is 0 Å². The monoisotopic (exact) mass is 390 g/mol. The fourth-order valence-corrected chi connectivity index (χ4v) is 2.95. The summed E-state index contributed by atoms with van der Waals surface area (Å²) in [6.45, 7) is 3.36. The molecule has 0 aliphatic carbocycles. The van der Waals surface area contributed by atoms with E-state index >= 15 is 0 Å². The molecule has 2 N–H and O–H groups in total. The molecule has 0 fully saturated rings. The molecular weight excluding hydrogens is 372 g/mol. The van der Waals surface area contributed by atoms with Gasteiger partial charge in [-0.25, -0.2) is 0 Å². The van der Waals surface area contributed by atoms with E-state index < -0.39 is 0 Å². The van der Waals surface area contributed by atoms with Crippen molar-refractivity contribution >= 4 is 27.5 Å². The Morgan fingerprint density at radius 1 is 1.17 bits per heavy atom. The number of nitrogens with one attached hydrogen (secondary N) is 2.